The standard InChI is InChI=1S/C11H10N4S/c1-6-4-3-5-7-8-10(15(2)9(6)7)12-11(16)14-13-8/h3-5H,1-2H3,(H,12,14,16). The molecule has 4 nitrogen and oxygen atoms in total. The summed E-state index contributed by atoms with van der Waals surface area (Å²) in [6, 6.07) is 6.16. The Kier molecular flexibility index (Phi) is 1.85. The number of para-hydroxylation sites is 1. The lowest BCUT2D eigenvalue weighted by Crippen LogP contribution is -1.93. The smallest absolute Gasteiger partial charge is 0.215 e. The molecular formula is C11H10N4S. The van der Waals surface area contributed by atoms with Crippen molar-refractivity contribution in [2.75, 3.05) is 0 Å². The van der Waals surface area contributed by atoms with Crippen LogP contribution in [0.5, 0.6) is 0 Å². The van der Waals surface area contributed by atoms with Crippen molar-refractivity contribution in [1.82, 2.24) is 19.7 Å². The van der Waals surface area contributed by atoms with Crippen LogP contribution in [0.15, 0.2) is 18.2 Å². The van der Waals surface area contributed by atoms with E-state index in [1.54, 1.807) is 0 Å². The SMILES string of the molecule is Cc1cccc2c3n[nH]c(=S)nc3n(C)c12. The maximum absolute atomic E-state index is 4.99. The molecule has 0 aliphatic heterocycles. The van der Waals surface area contributed by atoms with Gasteiger partial charge >= 0.3 is 0 Å². The molecule has 0 saturated heterocycles. The lowest BCUT2D eigenvalue weighted by atomic mass is 10.1. The van der Waals surface area contributed by atoms with Gasteiger partial charge < -0.3 is 4.57 Å². The molecule has 0 radical (unpaired) electrons. The third-order valence-corrected chi connectivity index (χ3v) is 3.01. The van der Waals surface area contributed by atoms with Crippen LogP contribution in [0.25, 0.3) is 22.1 Å². The van der Waals surface area contributed by atoms with Crippen LogP contribution in [0.4, 0.5) is 0 Å². The van der Waals surface area contributed by atoms with Crippen molar-refractivity contribution in [3.63, 3.8) is 0 Å². The lowest BCUT2D eigenvalue weighted by molar-refractivity contribution is 0.939. The molecule has 0 amide bonds. The Morgan fingerprint density at radius 3 is 3.00 bits per heavy atom. The van der Waals surface area contributed by atoms with Gasteiger partial charge in [-0.25, -0.2) is 0 Å². The highest BCUT2D eigenvalue weighted by Gasteiger charge is 2.11. The van der Waals surface area contributed by atoms with Gasteiger partial charge in [0.25, 0.3) is 0 Å². The second-order valence-corrected chi connectivity index (χ2v) is 4.23. The summed E-state index contributed by atoms with van der Waals surface area (Å²) >= 11 is 4.99. The normalized spacial score (nSPS) is 11.4. The Bertz CT molecular complexity index is 754. The van der Waals surface area contributed by atoms with Crippen molar-refractivity contribution in [2.45, 2.75) is 6.92 Å². The van der Waals surface area contributed by atoms with Gasteiger partial charge in [-0.1, -0.05) is 18.2 Å². The molecule has 1 aromatic carbocycles. The van der Waals surface area contributed by atoms with Crippen molar-refractivity contribution < 1.29 is 0 Å². The fourth-order valence-electron chi connectivity index (χ4n) is 2.14. The van der Waals surface area contributed by atoms with E-state index in [9.17, 15) is 0 Å². The molecular weight excluding hydrogens is 220 g/mol. The highest BCUT2D eigenvalue weighted by atomic mass is 32.1. The molecule has 0 spiro atoms. The summed E-state index contributed by atoms with van der Waals surface area (Å²) in [6.07, 6.45) is 0. The Balaban J connectivity index is 2.70. The molecule has 0 saturated carbocycles. The molecule has 3 rings (SSSR count). The number of aryl methyl sites for hydroxylation is 2. The van der Waals surface area contributed by atoms with Crippen LogP contribution in [-0.2, 0) is 7.05 Å². The number of rotatable bonds is 0. The summed E-state index contributed by atoms with van der Waals surface area (Å²) in [4.78, 5) is 4.31. The summed E-state index contributed by atoms with van der Waals surface area (Å²) in [5.74, 6) is 0. The first-order valence-corrected chi connectivity index (χ1v) is 5.40. The Hall–Kier alpha value is -1.75. The van der Waals surface area contributed by atoms with Crippen molar-refractivity contribution >= 4 is 34.3 Å². The van der Waals surface area contributed by atoms with E-state index in [1.165, 1.54) is 5.56 Å². The Labute approximate surface area is 96.9 Å². The van der Waals surface area contributed by atoms with E-state index in [2.05, 4.69) is 34.2 Å². The second kappa shape index (κ2) is 3.12. The molecule has 1 N–H and O–H groups in total. The summed E-state index contributed by atoms with van der Waals surface area (Å²) in [7, 11) is 1.99. The molecule has 80 valence electrons. The number of aromatic nitrogens is 4. The van der Waals surface area contributed by atoms with E-state index in [1.807, 2.05) is 17.7 Å². The van der Waals surface area contributed by atoms with E-state index >= 15 is 0 Å². The maximum Gasteiger partial charge on any atom is 0.215 e. The highest BCUT2D eigenvalue weighted by molar-refractivity contribution is 7.71. The zero-order chi connectivity index (χ0) is 11.3. The largest absolute Gasteiger partial charge is 0.327 e. The Morgan fingerprint density at radius 2 is 2.19 bits per heavy atom. The van der Waals surface area contributed by atoms with E-state index in [-0.39, 0.29) is 0 Å². The first-order valence-electron chi connectivity index (χ1n) is 4.99. The van der Waals surface area contributed by atoms with Crippen molar-refractivity contribution in [3.05, 3.63) is 28.5 Å². The summed E-state index contributed by atoms with van der Waals surface area (Å²) in [5.41, 5.74) is 4.07. The fraction of sp³-hybridized carbons (Fsp3) is 0.182. The van der Waals surface area contributed by atoms with Crippen LogP contribution >= 0.6 is 12.2 Å². The van der Waals surface area contributed by atoms with Gasteiger partial charge in [-0.05, 0) is 24.7 Å². The predicted molar refractivity (Wildman–Crippen MR) is 65.9 cm³/mol. The maximum atomic E-state index is 4.99. The molecule has 3 aromatic rings. The van der Waals surface area contributed by atoms with Crippen LogP contribution in [0, 0.1) is 11.7 Å². The number of hydrogen-bond donors (Lipinski definition) is 1. The van der Waals surface area contributed by atoms with Gasteiger partial charge in [-0.3, -0.25) is 5.10 Å². The molecule has 0 bridgehead atoms. The van der Waals surface area contributed by atoms with E-state index in [0.717, 1.165) is 22.1 Å². The number of hydrogen-bond acceptors (Lipinski definition) is 3. The third-order valence-electron chi connectivity index (χ3n) is 2.83. The highest BCUT2D eigenvalue weighted by Crippen LogP contribution is 2.26. The molecule has 0 fully saturated rings. The number of nitrogens with one attached hydrogen (secondary N) is 1. The van der Waals surface area contributed by atoms with Crippen molar-refractivity contribution in [2.24, 2.45) is 7.05 Å². The van der Waals surface area contributed by atoms with Crippen LogP contribution < -0.4 is 0 Å². The monoisotopic (exact) mass is 230 g/mol. The summed E-state index contributed by atoms with van der Waals surface area (Å²) in [5, 5.41) is 8.11. The van der Waals surface area contributed by atoms with E-state index in [4.69, 9.17) is 12.2 Å². The number of aromatic amines is 1. The summed E-state index contributed by atoms with van der Waals surface area (Å²) < 4.78 is 2.45. The average Bonchev–Trinajstić information content (AvgIpc) is 2.54. The van der Waals surface area contributed by atoms with Gasteiger partial charge in [0.1, 0.15) is 5.52 Å². The minimum Gasteiger partial charge on any atom is -0.327 e. The number of H-pyrrole nitrogens is 1. The number of nitrogens with zero attached hydrogens (tertiary/aromatic N) is 3. The zero-order valence-corrected chi connectivity index (χ0v) is 9.80. The van der Waals surface area contributed by atoms with Crippen LogP contribution in [0.2, 0.25) is 0 Å². The van der Waals surface area contributed by atoms with Gasteiger partial charge in [0, 0.05) is 12.4 Å². The minimum atomic E-state index is 0.413. The molecule has 2 heterocycles. The molecule has 2 aromatic heterocycles. The van der Waals surface area contributed by atoms with Crippen LogP contribution in [0.3, 0.4) is 0 Å². The number of benzene rings is 1. The minimum absolute atomic E-state index is 0.413. The second-order valence-electron chi connectivity index (χ2n) is 3.84. The first kappa shape index (κ1) is 9.47. The molecule has 5 heteroatoms. The topological polar surface area (TPSA) is 46.5 Å². The van der Waals surface area contributed by atoms with Gasteiger partial charge in [0.15, 0.2) is 5.65 Å². The third kappa shape index (κ3) is 1.12. The molecule has 0 aliphatic carbocycles. The van der Waals surface area contributed by atoms with Gasteiger partial charge in [0.05, 0.1) is 5.52 Å². The predicted octanol–water partition coefficient (Wildman–Crippen LogP) is 2.49. The molecule has 0 atom stereocenters. The van der Waals surface area contributed by atoms with Gasteiger partial charge in [0.2, 0.25) is 4.77 Å². The zero-order valence-electron chi connectivity index (χ0n) is 8.98. The fourth-order valence-corrected chi connectivity index (χ4v) is 2.28. The first-order chi connectivity index (χ1) is 7.68. The quantitative estimate of drug-likeness (QED) is 0.603. The lowest BCUT2D eigenvalue weighted by Gasteiger charge is -1.99. The Morgan fingerprint density at radius 1 is 1.38 bits per heavy atom. The molecule has 0 aliphatic rings. The van der Waals surface area contributed by atoms with Crippen LogP contribution in [0.1, 0.15) is 5.56 Å². The number of fused-ring (bicyclic) bond motifs is 3. The van der Waals surface area contributed by atoms with E-state index < -0.39 is 0 Å². The summed E-state index contributed by atoms with van der Waals surface area (Å²) in [6.45, 7) is 2.08. The van der Waals surface area contributed by atoms with Gasteiger partial charge in [-0.2, -0.15) is 10.1 Å². The molecule has 16 heavy (non-hydrogen) atoms. The van der Waals surface area contributed by atoms with Crippen LogP contribution in [-0.4, -0.2) is 19.7 Å². The average molecular weight is 230 g/mol. The van der Waals surface area contributed by atoms with Crippen molar-refractivity contribution in [3.8, 4) is 0 Å². The van der Waals surface area contributed by atoms with Gasteiger partial charge in [-0.15, -0.1) is 0 Å². The van der Waals surface area contributed by atoms with Crippen molar-refractivity contribution in [1.29, 1.82) is 0 Å². The molecule has 0 unspecified atom stereocenters. The van der Waals surface area contributed by atoms with E-state index in [0.29, 0.717) is 4.77 Å².